The van der Waals surface area contributed by atoms with Gasteiger partial charge in [0.05, 0.1) is 10.7 Å². The zero-order valence-electron chi connectivity index (χ0n) is 9.31. The normalized spacial score (nSPS) is 10.2. The molecule has 1 aromatic rings. The molecule has 8 heteroatoms. The van der Waals surface area contributed by atoms with E-state index in [0.717, 1.165) is 9.65 Å². The molecule has 0 aromatic heterocycles. The lowest BCUT2D eigenvalue weighted by Gasteiger charge is -2.07. The van der Waals surface area contributed by atoms with Crippen LogP contribution in [-0.2, 0) is 9.59 Å². The number of carbonyl (C=O) groups is 3. The van der Waals surface area contributed by atoms with E-state index in [0.29, 0.717) is 16.8 Å². The zero-order valence-corrected chi connectivity index (χ0v) is 12.2. The van der Waals surface area contributed by atoms with E-state index in [4.69, 9.17) is 16.7 Å². The molecule has 0 saturated heterocycles. The van der Waals surface area contributed by atoms with Gasteiger partial charge in [-0.1, -0.05) is 11.6 Å². The van der Waals surface area contributed by atoms with Gasteiger partial charge in [-0.25, -0.2) is 9.59 Å². The summed E-state index contributed by atoms with van der Waals surface area (Å²) in [7, 11) is 0. The van der Waals surface area contributed by atoms with Gasteiger partial charge in [0.1, 0.15) is 0 Å². The van der Waals surface area contributed by atoms with Gasteiger partial charge in [0.25, 0.3) is 5.91 Å². The highest BCUT2D eigenvalue weighted by atomic mass is 127. The second kappa shape index (κ2) is 7.10. The van der Waals surface area contributed by atoms with E-state index in [2.05, 4.69) is 5.32 Å². The minimum absolute atomic E-state index is 0.323. The van der Waals surface area contributed by atoms with Crippen molar-refractivity contribution >= 4 is 57.8 Å². The minimum atomic E-state index is -1.28. The standard InChI is InChI=1S/C11H8ClIN2O4/c12-7-2-1-6(13)5-8(7)14-11(19)15-9(16)3-4-10(17)18/h1-5H,(H,17,18)(H2,14,15,16,19)/b4-3+. The highest BCUT2D eigenvalue weighted by Crippen LogP contribution is 2.23. The Morgan fingerprint density at radius 2 is 1.95 bits per heavy atom. The number of carbonyl (C=O) groups excluding carboxylic acids is 2. The van der Waals surface area contributed by atoms with Crippen molar-refractivity contribution in [1.82, 2.24) is 5.32 Å². The Morgan fingerprint density at radius 1 is 1.26 bits per heavy atom. The molecular weight excluding hydrogens is 386 g/mol. The first-order valence-corrected chi connectivity index (χ1v) is 6.32. The van der Waals surface area contributed by atoms with E-state index >= 15 is 0 Å². The van der Waals surface area contributed by atoms with E-state index in [-0.39, 0.29) is 0 Å². The summed E-state index contributed by atoms with van der Waals surface area (Å²) in [6.07, 6.45) is 1.36. The Bertz CT molecular complexity index is 560. The maximum atomic E-state index is 11.4. The highest BCUT2D eigenvalue weighted by molar-refractivity contribution is 14.1. The SMILES string of the molecule is O=C(O)/C=C/C(=O)NC(=O)Nc1cc(I)ccc1Cl. The summed E-state index contributed by atoms with van der Waals surface area (Å²) in [6.45, 7) is 0. The molecule has 0 unspecified atom stereocenters. The Labute approximate surface area is 127 Å². The lowest BCUT2D eigenvalue weighted by atomic mass is 10.3. The van der Waals surface area contributed by atoms with Gasteiger partial charge in [0, 0.05) is 15.7 Å². The van der Waals surface area contributed by atoms with Crippen LogP contribution in [0.15, 0.2) is 30.4 Å². The van der Waals surface area contributed by atoms with E-state index in [1.807, 2.05) is 27.9 Å². The van der Waals surface area contributed by atoms with Gasteiger partial charge in [-0.2, -0.15) is 0 Å². The van der Waals surface area contributed by atoms with Gasteiger partial charge in [-0.05, 0) is 40.8 Å². The Balaban J connectivity index is 2.63. The van der Waals surface area contributed by atoms with Gasteiger partial charge in [0.2, 0.25) is 0 Å². The van der Waals surface area contributed by atoms with E-state index < -0.39 is 17.9 Å². The van der Waals surface area contributed by atoms with Crippen molar-refractivity contribution in [2.24, 2.45) is 0 Å². The number of amides is 3. The molecule has 19 heavy (non-hydrogen) atoms. The highest BCUT2D eigenvalue weighted by Gasteiger charge is 2.08. The summed E-state index contributed by atoms with van der Waals surface area (Å²) in [5.41, 5.74) is 0.348. The van der Waals surface area contributed by atoms with Crippen molar-refractivity contribution in [2.75, 3.05) is 5.32 Å². The molecule has 100 valence electrons. The molecule has 0 aliphatic rings. The van der Waals surface area contributed by atoms with Crippen LogP contribution in [-0.4, -0.2) is 23.0 Å². The molecule has 0 bridgehead atoms. The molecule has 0 saturated carbocycles. The number of carboxylic acids is 1. The third kappa shape index (κ3) is 5.71. The van der Waals surface area contributed by atoms with Crippen molar-refractivity contribution in [3.8, 4) is 0 Å². The van der Waals surface area contributed by atoms with Crippen LogP contribution < -0.4 is 10.6 Å². The Kier molecular flexibility index (Phi) is 5.77. The van der Waals surface area contributed by atoms with Crippen molar-refractivity contribution in [1.29, 1.82) is 0 Å². The van der Waals surface area contributed by atoms with Crippen LogP contribution in [0, 0.1) is 3.57 Å². The van der Waals surface area contributed by atoms with Crippen LogP contribution in [0.3, 0.4) is 0 Å². The largest absolute Gasteiger partial charge is 0.478 e. The van der Waals surface area contributed by atoms with Crippen molar-refractivity contribution < 1.29 is 19.5 Å². The molecule has 0 radical (unpaired) electrons. The number of rotatable bonds is 3. The maximum absolute atomic E-state index is 11.4. The lowest BCUT2D eigenvalue weighted by molar-refractivity contribution is -0.131. The van der Waals surface area contributed by atoms with E-state index in [1.54, 1.807) is 18.2 Å². The predicted molar refractivity (Wildman–Crippen MR) is 78.1 cm³/mol. The monoisotopic (exact) mass is 394 g/mol. The van der Waals surface area contributed by atoms with Crippen LogP contribution >= 0.6 is 34.2 Å². The number of hydrogen-bond acceptors (Lipinski definition) is 3. The van der Waals surface area contributed by atoms with Crippen LogP contribution in [0.2, 0.25) is 5.02 Å². The average molecular weight is 395 g/mol. The molecule has 6 nitrogen and oxygen atoms in total. The number of urea groups is 1. The van der Waals surface area contributed by atoms with Gasteiger partial charge in [-0.3, -0.25) is 10.1 Å². The van der Waals surface area contributed by atoms with Gasteiger partial charge in [-0.15, -0.1) is 0 Å². The van der Waals surface area contributed by atoms with Crippen LogP contribution in [0.4, 0.5) is 10.5 Å². The van der Waals surface area contributed by atoms with Gasteiger partial charge < -0.3 is 10.4 Å². The number of carboxylic acid groups (broad SMARTS) is 1. The molecule has 0 spiro atoms. The lowest BCUT2D eigenvalue weighted by Crippen LogP contribution is -2.33. The summed E-state index contributed by atoms with van der Waals surface area (Å²) < 4.78 is 0.856. The summed E-state index contributed by atoms with van der Waals surface area (Å²) >= 11 is 7.90. The third-order valence-electron chi connectivity index (χ3n) is 1.79. The first-order valence-electron chi connectivity index (χ1n) is 4.86. The molecule has 0 aliphatic carbocycles. The Hall–Kier alpha value is -1.61. The molecule has 1 aromatic carbocycles. The fraction of sp³-hybridized carbons (Fsp3) is 0. The number of halogens is 2. The quantitative estimate of drug-likeness (QED) is 0.541. The topological polar surface area (TPSA) is 95.5 Å². The van der Waals surface area contributed by atoms with Crippen molar-refractivity contribution in [2.45, 2.75) is 0 Å². The van der Waals surface area contributed by atoms with Crippen LogP contribution in [0.1, 0.15) is 0 Å². The first-order chi connectivity index (χ1) is 8.88. The fourth-order valence-electron chi connectivity index (χ4n) is 1.05. The summed E-state index contributed by atoms with van der Waals surface area (Å²) in [6, 6.07) is 4.18. The maximum Gasteiger partial charge on any atom is 0.328 e. The molecule has 3 N–H and O–H groups in total. The first kappa shape index (κ1) is 15.4. The van der Waals surface area contributed by atoms with Crippen LogP contribution in [0.5, 0.6) is 0 Å². The molecule has 0 aliphatic heterocycles. The molecule has 0 atom stereocenters. The number of anilines is 1. The predicted octanol–water partition coefficient (Wildman–Crippen LogP) is 2.23. The van der Waals surface area contributed by atoms with Gasteiger partial charge in [0.15, 0.2) is 0 Å². The van der Waals surface area contributed by atoms with E-state index in [1.165, 1.54) is 0 Å². The van der Waals surface area contributed by atoms with Crippen molar-refractivity contribution in [3.05, 3.63) is 38.9 Å². The minimum Gasteiger partial charge on any atom is -0.478 e. The number of aliphatic carboxylic acids is 1. The number of nitrogens with one attached hydrogen (secondary N) is 2. The summed E-state index contributed by atoms with van der Waals surface area (Å²) in [5.74, 6) is -2.13. The molecule has 0 fully saturated rings. The van der Waals surface area contributed by atoms with E-state index in [9.17, 15) is 14.4 Å². The molecular formula is C11H8ClIN2O4. The second-order valence-corrected chi connectivity index (χ2v) is 4.89. The molecule has 3 amide bonds. The summed E-state index contributed by atoms with van der Waals surface area (Å²) in [4.78, 5) is 32.8. The second-order valence-electron chi connectivity index (χ2n) is 3.24. The smallest absolute Gasteiger partial charge is 0.328 e. The number of imide groups is 1. The number of benzene rings is 1. The molecule has 1 rings (SSSR count). The molecule has 0 heterocycles. The fourth-order valence-corrected chi connectivity index (χ4v) is 1.70. The van der Waals surface area contributed by atoms with Crippen LogP contribution in [0.25, 0.3) is 0 Å². The number of hydrogen-bond donors (Lipinski definition) is 3. The van der Waals surface area contributed by atoms with Gasteiger partial charge >= 0.3 is 12.0 Å². The Morgan fingerprint density at radius 3 is 2.58 bits per heavy atom. The van der Waals surface area contributed by atoms with Crippen molar-refractivity contribution in [3.63, 3.8) is 0 Å². The third-order valence-corrected chi connectivity index (χ3v) is 2.79. The average Bonchev–Trinajstić information content (AvgIpc) is 2.31. The summed E-state index contributed by atoms with van der Waals surface area (Å²) in [5, 5.41) is 12.9. The zero-order chi connectivity index (χ0) is 14.4.